The number of rotatable bonds is 10. The van der Waals surface area contributed by atoms with Crippen molar-refractivity contribution in [3.05, 3.63) is 65.2 Å². The van der Waals surface area contributed by atoms with Crippen molar-refractivity contribution in [3.63, 3.8) is 0 Å². The first-order valence-electron chi connectivity index (χ1n) is 13.9. The molecule has 2 saturated heterocycles. The maximum atomic E-state index is 13.5. The van der Waals surface area contributed by atoms with Gasteiger partial charge in [-0.15, -0.1) is 0 Å². The van der Waals surface area contributed by atoms with E-state index in [-0.39, 0.29) is 42.9 Å². The number of aliphatic hydroxyl groups excluding tert-OH is 1. The SMILES string of the molecule is Cc1c(O)cccc1C(=O)N[C@H](CC(=O)N1C[C@H](O)C[C@H]1C(=O)NCCN1CCCCC1)Cc1ccccc1. The predicted octanol–water partition coefficient (Wildman–Crippen LogP) is 2.00. The third-order valence-corrected chi connectivity index (χ3v) is 7.71. The van der Waals surface area contributed by atoms with Gasteiger partial charge >= 0.3 is 0 Å². The maximum Gasteiger partial charge on any atom is 0.251 e. The minimum Gasteiger partial charge on any atom is -0.508 e. The van der Waals surface area contributed by atoms with Crippen molar-refractivity contribution in [1.29, 1.82) is 0 Å². The number of aromatic hydroxyl groups is 1. The first kappa shape index (κ1) is 28.6. The smallest absolute Gasteiger partial charge is 0.251 e. The molecule has 3 atom stereocenters. The van der Waals surface area contributed by atoms with Crippen molar-refractivity contribution >= 4 is 17.7 Å². The van der Waals surface area contributed by atoms with E-state index in [1.807, 2.05) is 30.3 Å². The van der Waals surface area contributed by atoms with Crippen LogP contribution in [0.3, 0.4) is 0 Å². The number of amides is 3. The first-order chi connectivity index (χ1) is 18.8. The zero-order chi connectivity index (χ0) is 27.8. The summed E-state index contributed by atoms with van der Waals surface area (Å²) in [5.41, 5.74) is 1.75. The molecule has 0 bridgehead atoms. The van der Waals surface area contributed by atoms with Gasteiger partial charge in [0.25, 0.3) is 5.91 Å². The van der Waals surface area contributed by atoms with Gasteiger partial charge in [-0.25, -0.2) is 0 Å². The molecule has 0 aromatic heterocycles. The molecular formula is C30H40N4O5. The van der Waals surface area contributed by atoms with E-state index in [4.69, 9.17) is 0 Å². The highest BCUT2D eigenvalue weighted by Crippen LogP contribution is 2.22. The number of phenolic OH excluding ortho intramolecular Hbond substituents is 1. The van der Waals surface area contributed by atoms with Crippen LogP contribution in [0.15, 0.2) is 48.5 Å². The van der Waals surface area contributed by atoms with Gasteiger partial charge in [0.1, 0.15) is 11.8 Å². The van der Waals surface area contributed by atoms with Crippen LogP contribution >= 0.6 is 0 Å². The van der Waals surface area contributed by atoms with E-state index >= 15 is 0 Å². The molecule has 9 nitrogen and oxygen atoms in total. The van der Waals surface area contributed by atoms with E-state index in [2.05, 4.69) is 15.5 Å². The van der Waals surface area contributed by atoms with Gasteiger partial charge in [-0.05, 0) is 57.0 Å². The summed E-state index contributed by atoms with van der Waals surface area (Å²) in [6, 6.07) is 13.0. The minimum atomic E-state index is -0.774. The number of hydrogen-bond donors (Lipinski definition) is 4. The van der Waals surface area contributed by atoms with Gasteiger partial charge in [0.15, 0.2) is 0 Å². The fourth-order valence-corrected chi connectivity index (χ4v) is 5.51. The lowest BCUT2D eigenvalue weighted by atomic mass is 10.0. The number of carbonyl (C=O) groups is 3. The molecule has 39 heavy (non-hydrogen) atoms. The monoisotopic (exact) mass is 536 g/mol. The van der Waals surface area contributed by atoms with Crippen molar-refractivity contribution in [2.24, 2.45) is 0 Å². The topological polar surface area (TPSA) is 122 Å². The van der Waals surface area contributed by atoms with Crippen LogP contribution in [0.25, 0.3) is 0 Å². The summed E-state index contributed by atoms with van der Waals surface area (Å²) in [6.07, 6.45) is 3.41. The highest BCUT2D eigenvalue weighted by Gasteiger charge is 2.39. The Hall–Kier alpha value is -3.43. The molecule has 4 rings (SSSR count). The van der Waals surface area contributed by atoms with Crippen LogP contribution in [0.4, 0.5) is 0 Å². The van der Waals surface area contributed by atoms with E-state index in [1.54, 1.807) is 19.1 Å². The van der Waals surface area contributed by atoms with Crippen molar-refractivity contribution in [2.75, 3.05) is 32.7 Å². The van der Waals surface area contributed by atoms with Crippen molar-refractivity contribution in [1.82, 2.24) is 20.4 Å². The van der Waals surface area contributed by atoms with Crippen LogP contribution < -0.4 is 10.6 Å². The second-order valence-corrected chi connectivity index (χ2v) is 10.7. The molecule has 2 aliphatic heterocycles. The van der Waals surface area contributed by atoms with Crippen molar-refractivity contribution < 1.29 is 24.6 Å². The standard InChI is InChI=1S/C30H40N4O5/c1-21-25(11-8-12-27(21)36)29(38)32-23(17-22-9-4-2-5-10-22)18-28(37)34-20-24(35)19-26(34)30(39)31-13-16-33-14-6-3-7-15-33/h2,4-5,8-12,23-24,26,35-36H,3,6-7,13-20H2,1H3,(H,31,39)(H,32,38)/t23-,24+,26-/m0/s1. The Balaban J connectivity index is 1.41. The molecule has 0 saturated carbocycles. The Morgan fingerprint density at radius 1 is 1.03 bits per heavy atom. The molecule has 4 N–H and O–H groups in total. The number of phenols is 1. The molecule has 0 radical (unpaired) electrons. The molecule has 2 heterocycles. The quantitative estimate of drug-likeness (QED) is 0.369. The van der Waals surface area contributed by atoms with E-state index < -0.39 is 18.2 Å². The zero-order valence-corrected chi connectivity index (χ0v) is 22.6. The number of β-amino-alcohol motifs (C(OH)–C–C–N with tert-alkyl or cyclic N) is 1. The second kappa shape index (κ2) is 13.6. The Morgan fingerprint density at radius 2 is 1.77 bits per heavy atom. The normalized spacial score (nSPS) is 20.4. The predicted molar refractivity (Wildman–Crippen MR) is 148 cm³/mol. The maximum absolute atomic E-state index is 13.5. The van der Waals surface area contributed by atoms with E-state index in [1.165, 1.54) is 30.2 Å². The molecule has 2 aliphatic rings. The minimum absolute atomic E-state index is 0.0250. The number of piperidine rings is 1. The number of benzene rings is 2. The fourth-order valence-electron chi connectivity index (χ4n) is 5.51. The van der Waals surface area contributed by atoms with Gasteiger partial charge in [0.2, 0.25) is 11.8 Å². The van der Waals surface area contributed by atoms with Gasteiger partial charge in [0, 0.05) is 49.6 Å². The van der Waals surface area contributed by atoms with Gasteiger partial charge in [-0.1, -0.05) is 42.8 Å². The molecule has 3 amide bonds. The molecule has 0 unspecified atom stereocenters. The number of nitrogens with one attached hydrogen (secondary N) is 2. The van der Waals surface area contributed by atoms with E-state index in [9.17, 15) is 24.6 Å². The molecular weight excluding hydrogens is 496 g/mol. The molecule has 2 fully saturated rings. The first-order valence-corrected chi connectivity index (χ1v) is 13.9. The van der Waals surface area contributed by atoms with Gasteiger partial charge in [-0.2, -0.15) is 0 Å². The third-order valence-electron chi connectivity index (χ3n) is 7.71. The molecule has 0 aliphatic carbocycles. The van der Waals surface area contributed by atoms with Gasteiger partial charge in [-0.3, -0.25) is 14.4 Å². The number of carbonyl (C=O) groups excluding carboxylic acids is 3. The van der Waals surface area contributed by atoms with Crippen LogP contribution in [0, 0.1) is 6.92 Å². The van der Waals surface area contributed by atoms with Crippen molar-refractivity contribution in [2.45, 2.75) is 63.6 Å². The summed E-state index contributed by atoms with van der Waals surface area (Å²) in [5.74, 6) is -0.906. The van der Waals surface area contributed by atoms with Gasteiger partial charge < -0.3 is 30.6 Å². The number of likely N-dealkylation sites (tertiary alicyclic amines) is 2. The summed E-state index contributed by atoms with van der Waals surface area (Å²) in [4.78, 5) is 43.5. The summed E-state index contributed by atoms with van der Waals surface area (Å²) in [5, 5.41) is 26.3. The summed E-state index contributed by atoms with van der Waals surface area (Å²) < 4.78 is 0. The largest absolute Gasteiger partial charge is 0.508 e. The molecule has 2 aromatic carbocycles. The molecule has 2 aromatic rings. The molecule has 0 spiro atoms. The second-order valence-electron chi connectivity index (χ2n) is 10.7. The Labute approximate surface area is 230 Å². The number of hydrogen-bond acceptors (Lipinski definition) is 6. The Morgan fingerprint density at radius 3 is 2.51 bits per heavy atom. The third kappa shape index (κ3) is 7.80. The van der Waals surface area contributed by atoms with Gasteiger partial charge in [0.05, 0.1) is 6.10 Å². The van der Waals surface area contributed by atoms with Crippen LogP contribution in [-0.2, 0) is 16.0 Å². The molecule has 9 heteroatoms. The Bertz CT molecular complexity index is 1140. The van der Waals surface area contributed by atoms with Crippen LogP contribution in [0.5, 0.6) is 5.75 Å². The lowest BCUT2D eigenvalue weighted by Gasteiger charge is -2.28. The van der Waals surface area contributed by atoms with Crippen LogP contribution in [0.1, 0.15) is 53.6 Å². The summed E-state index contributed by atoms with van der Waals surface area (Å²) in [7, 11) is 0. The van der Waals surface area contributed by atoms with Crippen LogP contribution in [0.2, 0.25) is 0 Å². The Kier molecular flexibility index (Phi) is 9.95. The van der Waals surface area contributed by atoms with Crippen molar-refractivity contribution in [3.8, 4) is 5.75 Å². The highest BCUT2D eigenvalue weighted by atomic mass is 16.3. The number of nitrogens with zero attached hydrogens (tertiary/aromatic N) is 2. The lowest BCUT2D eigenvalue weighted by molar-refractivity contribution is -0.138. The fraction of sp³-hybridized carbons (Fsp3) is 0.500. The van der Waals surface area contributed by atoms with Crippen LogP contribution in [-0.4, -0.2) is 88.6 Å². The average Bonchev–Trinajstić information content (AvgIpc) is 3.33. The van der Waals surface area contributed by atoms with E-state index in [0.29, 0.717) is 24.1 Å². The summed E-state index contributed by atoms with van der Waals surface area (Å²) >= 11 is 0. The van der Waals surface area contributed by atoms with E-state index in [0.717, 1.165) is 25.2 Å². The highest BCUT2D eigenvalue weighted by molar-refractivity contribution is 5.97. The lowest BCUT2D eigenvalue weighted by Crippen LogP contribution is -2.49. The summed E-state index contributed by atoms with van der Waals surface area (Å²) in [6.45, 7) is 5.11. The zero-order valence-electron chi connectivity index (χ0n) is 22.6. The number of aliphatic hydroxyl groups is 1. The molecule has 210 valence electrons. The average molecular weight is 537 g/mol.